The van der Waals surface area contributed by atoms with Gasteiger partial charge in [0.15, 0.2) is 0 Å². The van der Waals surface area contributed by atoms with Crippen molar-refractivity contribution in [3.63, 3.8) is 0 Å². The van der Waals surface area contributed by atoms with Crippen molar-refractivity contribution >= 4 is 24.5 Å². The summed E-state index contributed by atoms with van der Waals surface area (Å²) in [5.41, 5.74) is -0.517. The lowest BCUT2D eigenvalue weighted by atomic mass is 9.79. The first-order chi connectivity index (χ1) is 11.3. The van der Waals surface area contributed by atoms with E-state index in [0.29, 0.717) is 10.4 Å². The first kappa shape index (κ1) is 20.5. The summed E-state index contributed by atoms with van der Waals surface area (Å²) in [6.45, 7) is 10.9. The summed E-state index contributed by atoms with van der Waals surface area (Å²) in [7, 11) is -0.625. The highest BCUT2D eigenvalue weighted by atomic mass is 32.2. The third-order valence-corrected chi connectivity index (χ3v) is 5.45. The van der Waals surface area contributed by atoms with Gasteiger partial charge in [0.25, 0.3) is 0 Å². The SMILES string of the molecule is CC(C)(C)NSc1ccc(B2OC(C)(C)C(C)(C)O2)cc1OC(F)F. The Labute approximate surface area is 153 Å². The highest BCUT2D eigenvalue weighted by Crippen LogP contribution is 2.37. The first-order valence-corrected chi connectivity index (χ1v) is 9.01. The second-order valence-electron chi connectivity index (χ2n) is 8.13. The molecule has 0 unspecified atom stereocenters. The van der Waals surface area contributed by atoms with Gasteiger partial charge in [-0.2, -0.15) is 8.78 Å². The van der Waals surface area contributed by atoms with Crippen molar-refractivity contribution in [2.45, 2.75) is 76.7 Å². The van der Waals surface area contributed by atoms with Crippen LogP contribution in [0.4, 0.5) is 8.78 Å². The van der Waals surface area contributed by atoms with Crippen LogP contribution in [0.1, 0.15) is 48.5 Å². The molecule has 1 aromatic carbocycles. The lowest BCUT2D eigenvalue weighted by Gasteiger charge is -2.32. The standard InChI is InChI=1S/C17H26BF2NO3S/c1-15(2,3)21-25-13-9-8-11(10-12(13)22-14(19)20)18-23-16(4,5)17(6,7)24-18/h8-10,14,21H,1-7H3. The Balaban J connectivity index is 2.27. The molecule has 0 saturated carbocycles. The summed E-state index contributed by atoms with van der Waals surface area (Å²) in [5.74, 6) is 0.101. The van der Waals surface area contributed by atoms with Gasteiger partial charge in [-0.3, -0.25) is 4.72 Å². The van der Waals surface area contributed by atoms with Crippen LogP contribution < -0.4 is 14.9 Å². The fraction of sp³-hybridized carbons (Fsp3) is 0.647. The molecule has 1 aliphatic heterocycles. The predicted octanol–water partition coefficient (Wildman–Crippen LogP) is 3.98. The van der Waals surface area contributed by atoms with Gasteiger partial charge in [-0.15, -0.1) is 0 Å². The molecule has 4 nitrogen and oxygen atoms in total. The number of nitrogens with one attached hydrogen (secondary N) is 1. The molecule has 1 fully saturated rings. The minimum absolute atomic E-state index is 0.101. The third kappa shape index (κ3) is 5.09. The number of hydrogen-bond donors (Lipinski definition) is 1. The molecule has 1 aromatic rings. The summed E-state index contributed by atoms with van der Waals surface area (Å²) in [6, 6.07) is 5.11. The first-order valence-electron chi connectivity index (χ1n) is 8.19. The Bertz CT molecular complexity index is 604. The summed E-state index contributed by atoms with van der Waals surface area (Å²) in [6.07, 6.45) is 0. The van der Waals surface area contributed by atoms with Crippen LogP contribution in [0.25, 0.3) is 0 Å². The van der Waals surface area contributed by atoms with Gasteiger partial charge in [0, 0.05) is 5.54 Å². The van der Waals surface area contributed by atoms with Crippen molar-refractivity contribution in [2.75, 3.05) is 0 Å². The number of alkyl halides is 2. The van der Waals surface area contributed by atoms with E-state index in [0.717, 1.165) is 0 Å². The van der Waals surface area contributed by atoms with E-state index in [-0.39, 0.29) is 11.3 Å². The van der Waals surface area contributed by atoms with Crippen molar-refractivity contribution in [1.82, 2.24) is 4.72 Å². The van der Waals surface area contributed by atoms with Crippen molar-refractivity contribution in [2.24, 2.45) is 0 Å². The molecular weight excluding hydrogens is 347 g/mol. The number of halogens is 2. The van der Waals surface area contributed by atoms with Crippen LogP contribution in [0.3, 0.4) is 0 Å². The number of benzene rings is 1. The highest BCUT2D eigenvalue weighted by Gasteiger charge is 2.51. The number of hydrogen-bond acceptors (Lipinski definition) is 5. The minimum Gasteiger partial charge on any atom is -0.434 e. The molecule has 1 aliphatic rings. The van der Waals surface area contributed by atoms with Crippen LogP contribution in [-0.4, -0.2) is 30.5 Å². The Morgan fingerprint density at radius 1 is 1.12 bits per heavy atom. The van der Waals surface area contributed by atoms with Gasteiger partial charge in [0.2, 0.25) is 0 Å². The largest absolute Gasteiger partial charge is 0.494 e. The van der Waals surface area contributed by atoms with Crippen LogP contribution >= 0.6 is 11.9 Å². The molecule has 140 valence electrons. The van der Waals surface area contributed by atoms with Crippen LogP contribution in [0.5, 0.6) is 5.75 Å². The average molecular weight is 373 g/mol. The zero-order chi connectivity index (χ0) is 19.0. The Morgan fingerprint density at radius 3 is 2.16 bits per heavy atom. The molecular formula is C17H26BF2NO3S. The fourth-order valence-electron chi connectivity index (χ4n) is 2.13. The zero-order valence-electron chi connectivity index (χ0n) is 15.8. The second kappa shape index (κ2) is 7.06. The molecule has 2 rings (SSSR count). The normalized spacial score (nSPS) is 19.5. The van der Waals surface area contributed by atoms with E-state index < -0.39 is 24.9 Å². The van der Waals surface area contributed by atoms with E-state index in [2.05, 4.69) is 4.72 Å². The van der Waals surface area contributed by atoms with E-state index in [1.165, 1.54) is 11.9 Å². The molecule has 1 heterocycles. The molecule has 25 heavy (non-hydrogen) atoms. The highest BCUT2D eigenvalue weighted by molar-refractivity contribution is 7.97. The van der Waals surface area contributed by atoms with Gasteiger partial charge in [0.05, 0.1) is 16.1 Å². The van der Waals surface area contributed by atoms with E-state index in [1.54, 1.807) is 12.1 Å². The Hall–Kier alpha value is -0.825. The number of rotatable bonds is 5. The maximum Gasteiger partial charge on any atom is 0.494 e. The molecule has 0 amide bonds. The van der Waals surface area contributed by atoms with Gasteiger partial charge in [-0.1, -0.05) is 6.07 Å². The molecule has 8 heteroatoms. The smallest absolute Gasteiger partial charge is 0.434 e. The second-order valence-corrected chi connectivity index (χ2v) is 8.98. The summed E-state index contributed by atoms with van der Waals surface area (Å²) >= 11 is 1.26. The Morgan fingerprint density at radius 2 is 1.68 bits per heavy atom. The maximum absolute atomic E-state index is 12.8. The van der Waals surface area contributed by atoms with Gasteiger partial charge in [-0.25, -0.2) is 0 Å². The summed E-state index contributed by atoms with van der Waals surface area (Å²) < 4.78 is 45.5. The molecule has 0 radical (unpaired) electrons. The van der Waals surface area contributed by atoms with Gasteiger partial charge >= 0.3 is 13.7 Å². The zero-order valence-corrected chi connectivity index (χ0v) is 16.6. The topological polar surface area (TPSA) is 39.7 Å². The fourth-order valence-corrected chi connectivity index (χ4v) is 2.89. The van der Waals surface area contributed by atoms with E-state index >= 15 is 0 Å². The van der Waals surface area contributed by atoms with Crippen molar-refractivity contribution in [1.29, 1.82) is 0 Å². The van der Waals surface area contributed by atoms with Crippen molar-refractivity contribution in [3.8, 4) is 5.75 Å². The van der Waals surface area contributed by atoms with E-state index in [1.807, 2.05) is 54.5 Å². The molecule has 0 atom stereocenters. The van der Waals surface area contributed by atoms with Crippen LogP contribution in [0.2, 0.25) is 0 Å². The van der Waals surface area contributed by atoms with Gasteiger partial charge in [-0.05, 0) is 78.0 Å². The van der Waals surface area contributed by atoms with Gasteiger partial charge in [0.1, 0.15) is 5.75 Å². The molecule has 1 N–H and O–H groups in total. The number of ether oxygens (including phenoxy) is 1. The average Bonchev–Trinajstić information content (AvgIpc) is 2.64. The predicted molar refractivity (Wildman–Crippen MR) is 97.5 cm³/mol. The minimum atomic E-state index is -2.90. The van der Waals surface area contributed by atoms with Crippen LogP contribution in [0, 0.1) is 0 Å². The molecule has 0 bridgehead atoms. The molecule has 0 aliphatic carbocycles. The monoisotopic (exact) mass is 373 g/mol. The van der Waals surface area contributed by atoms with Gasteiger partial charge < -0.3 is 14.0 Å². The van der Waals surface area contributed by atoms with Crippen molar-refractivity contribution in [3.05, 3.63) is 18.2 Å². The van der Waals surface area contributed by atoms with E-state index in [4.69, 9.17) is 14.0 Å². The molecule has 0 spiro atoms. The van der Waals surface area contributed by atoms with E-state index in [9.17, 15) is 8.78 Å². The molecule has 1 saturated heterocycles. The van der Waals surface area contributed by atoms with Crippen molar-refractivity contribution < 1.29 is 22.8 Å². The summed E-state index contributed by atoms with van der Waals surface area (Å²) in [5, 5.41) is 0. The lowest BCUT2D eigenvalue weighted by molar-refractivity contribution is -0.0516. The lowest BCUT2D eigenvalue weighted by Crippen LogP contribution is -2.41. The Kier molecular flexibility index (Phi) is 5.79. The third-order valence-electron chi connectivity index (χ3n) is 4.18. The quantitative estimate of drug-likeness (QED) is 0.625. The maximum atomic E-state index is 12.8. The van der Waals surface area contributed by atoms with Crippen LogP contribution in [0.15, 0.2) is 23.1 Å². The van der Waals surface area contributed by atoms with Crippen LogP contribution in [-0.2, 0) is 9.31 Å². The molecule has 0 aromatic heterocycles. The summed E-state index contributed by atoms with van der Waals surface area (Å²) in [4.78, 5) is 0.579.